The molecule has 1 amide bonds. The number of fused-ring (bicyclic) bond motifs is 1. The standard InChI is InChI=1S/C19H25N3O4/c1-21-17(23)6-4-13-3-5-16(26-2)15(18(13)21)9-12-22-10-7-14(8-11-22)20-19(24)25/h3-6,14,20H,7-12H2,1-2H3,(H,24,25). The van der Waals surface area contributed by atoms with E-state index < -0.39 is 6.09 Å². The Morgan fingerprint density at radius 2 is 1.96 bits per heavy atom. The van der Waals surface area contributed by atoms with E-state index in [1.807, 2.05) is 18.2 Å². The van der Waals surface area contributed by atoms with Gasteiger partial charge in [-0.1, -0.05) is 0 Å². The van der Waals surface area contributed by atoms with E-state index in [0.717, 1.165) is 61.1 Å². The first-order valence-electron chi connectivity index (χ1n) is 8.87. The van der Waals surface area contributed by atoms with Gasteiger partial charge in [-0.3, -0.25) is 4.79 Å². The van der Waals surface area contributed by atoms with Crippen LogP contribution in [0.2, 0.25) is 0 Å². The van der Waals surface area contributed by atoms with Gasteiger partial charge < -0.3 is 24.6 Å². The number of hydrogen-bond acceptors (Lipinski definition) is 4. The van der Waals surface area contributed by atoms with Gasteiger partial charge in [0.2, 0.25) is 0 Å². The summed E-state index contributed by atoms with van der Waals surface area (Å²) in [4.78, 5) is 25.2. The maximum atomic E-state index is 12.1. The van der Waals surface area contributed by atoms with Crippen molar-refractivity contribution in [1.29, 1.82) is 0 Å². The second kappa shape index (κ2) is 7.78. The maximum absolute atomic E-state index is 12.1. The number of amides is 1. The zero-order valence-electron chi connectivity index (χ0n) is 15.2. The minimum atomic E-state index is -0.954. The van der Waals surface area contributed by atoms with Crippen LogP contribution in [0.15, 0.2) is 29.1 Å². The lowest BCUT2D eigenvalue weighted by molar-refractivity contribution is 0.168. The van der Waals surface area contributed by atoms with Crippen molar-refractivity contribution in [3.63, 3.8) is 0 Å². The van der Waals surface area contributed by atoms with Crippen molar-refractivity contribution < 1.29 is 14.6 Å². The van der Waals surface area contributed by atoms with Crippen LogP contribution < -0.4 is 15.6 Å². The molecule has 1 fully saturated rings. The van der Waals surface area contributed by atoms with Crippen molar-refractivity contribution >= 4 is 17.0 Å². The summed E-state index contributed by atoms with van der Waals surface area (Å²) in [6.45, 7) is 2.56. The number of rotatable bonds is 5. The molecule has 3 rings (SSSR count). The quantitative estimate of drug-likeness (QED) is 0.851. The number of ether oxygens (including phenoxy) is 1. The number of aromatic nitrogens is 1. The zero-order chi connectivity index (χ0) is 18.7. The molecule has 2 heterocycles. The minimum absolute atomic E-state index is 0.0347. The highest BCUT2D eigenvalue weighted by Gasteiger charge is 2.21. The second-order valence-corrected chi connectivity index (χ2v) is 6.73. The lowest BCUT2D eigenvalue weighted by Crippen LogP contribution is -2.44. The fourth-order valence-electron chi connectivity index (χ4n) is 3.73. The summed E-state index contributed by atoms with van der Waals surface area (Å²) in [5.41, 5.74) is 1.92. The normalized spacial score (nSPS) is 15.9. The van der Waals surface area contributed by atoms with Gasteiger partial charge in [0.15, 0.2) is 0 Å². The van der Waals surface area contributed by atoms with E-state index in [1.165, 1.54) is 0 Å². The fourth-order valence-corrected chi connectivity index (χ4v) is 3.73. The number of aryl methyl sites for hydroxylation is 1. The predicted octanol–water partition coefficient (Wildman–Crippen LogP) is 1.82. The first kappa shape index (κ1) is 18.3. The van der Waals surface area contributed by atoms with Crippen LogP contribution in [0.3, 0.4) is 0 Å². The highest BCUT2D eigenvalue weighted by Crippen LogP contribution is 2.28. The van der Waals surface area contributed by atoms with Gasteiger partial charge in [-0.2, -0.15) is 0 Å². The molecule has 1 aliphatic rings. The van der Waals surface area contributed by atoms with Crippen LogP contribution in [0.5, 0.6) is 5.75 Å². The molecule has 140 valence electrons. The molecule has 0 atom stereocenters. The van der Waals surface area contributed by atoms with Crippen molar-refractivity contribution in [2.24, 2.45) is 7.05 Å². The summed E-state index contributed by atoms with van der Waals surface area (Å²) in [6, 6.07) is 7.39. The number of benzene rings is 1. The molecule has 2 N–H and O–H groups in total. The molecule has 0 unspecified atom stereocenters. The summed E-state index contributed by atoms with van der Waals surface area (Å²) in [5, 5.41) is 12.4. The molecule has 0 aliphatic carbocycles. The van der Waals surface area contributed by atoms with Crippen molar-refractivity contribution in [2.45, 2.75) is 25.3 Å². The Labute approximate surface area is 152 Å². The number of likely N-dealkylation sites (tertiary alicyclic amines) is 1. The molecule has 7 nitrogen and oxygen atoms in total. The molecular weight excluding hydrogens is 334 g/mol. The molecule has 0 spiro atoms. The van der Waals surface area contributed by atoms with E-state index in [4.69, 9.17) is 9.84 Å². The van der Waals surface area contributed by atoms with Crippen LogP contribution >= 0.6 is 0 Å². The largest absolute Gasteiger partial charge is 0.496 e. The Morgan fingerprint density at radius 1 is 1.27 bits per heavy atom. The average molecular weight is 359 g/mol. The first-order valence-corrected chi connectivity index (χ1v) is 8.87. The van der Waals surface area contributed by atoms with Crippen molar-refractivity contribution in [3.05, 3.63) is 40.2 Å². The lowest BCUT2D eigenvalue weighted by atomic mass is 10.0. The molecular formula is C19H25N3O4. The number of hydrogen-bond donors (Lipinski definition) is 2. The molecule has 7 heteroatoms. The molecule has 2 aromatic rings. The topological polar surface area (TPSA) is 83.8 Å². The van der Waals surface area contributed by atoms with Crippen LogP contribution in [-0.2, 0) is 13.5 Å². The number of nitrogens with zero attached hydrogens (tertiary/aromatic N) is 2. The summed E-state index contributed by atoms with van der Waals surface area (Å²) in [7, 11) is 3.44. The smallest absolute Gasteiger partial charge is 0.404 e. The monoisotopic (exact) mass is 359 g/mol. The van der Waals surface area contributed by atoms with E-state index in [0.29, 0.717) is 0 Å². The van der Waals surface area contributed by atoms with E-state index in [2.05, 4.69) is 10.2 Å². The number of carboxylic acid groups (broad SMARTS) is 1. The van der Waals surface area contributed by atoms with Gasteiger partial charge in [0, 0.05) is 44.4 Å². The number of pyridine rings is 1. The maximum Gasteiger partial charge on any atom is 0.404 e. The summed E-state index contributed by atoms with van der Waals surface area (Å²) >= 11 is 0. The van der Waals surface area contributed by atoms with Crippen LogP contribution in [0.1, 0.15) is 18.4 Å². The fraction of sp³-hybridized carbons (Fsp3) is 0.474. The number of nitrogens with one attached hydrogen (secondary N) is 1. The minimum Gasteiger partial charge on any atom is -0.496 e. The third kappa shape index (κ3) is 3.83. The van der Waals surface area contributed by atoms with Gasteiger partial charge in [0.1, 0.15) is 5.75 Å². The van der Waals surface area contributed by atoms with Crippen molar-refractivity contribution in [2.75, 3.05) is 26.7 Å². The van der Waals surface area contributed by atoms with E-state index in [1.54, 1.807) is 24.8 Å². The van der Waals surface area contributed by atoms with E-state index >= 15 is 0 Å². The first-order chi connectivity index (χ1) is 12.5. The predicted molar refractivity (Wildman–Crippen MR) is 100 cm³/mol. The SMILES string of the molecule is COc1ccc2ccc(=O)n(C)c2c1CCN1CCC(NC(=O)O)CC1. The Balaban J connectivity index is 1.76. The van der Waals surface area contributed by atoms with Crippen molar-refractivity contribution in [1.82, 2.24) is 14.8 Å². The van der Waals surface area contributed by atoms with Crippen LogP contribution in [0.4, 0.5) is 4.79 Å². The Kier molecular flexibility index (Phi) is 5.46. The van der Waals surface area contributed by atoms with Gasteiger partial charge in [-0.05, 0) is 42.8 Å². The molecule has 0 saturated carbocycles. The third-order valence-electron chi connectivity index (χ3n) is 5.16. The highest BCUT2D eigenvalue weighted by molar-refractivity contribution is 5.84. The molecule has 1 aromatic carbocycles. The molecule has 0 bridgehead atoms. The number of piperidine rings is 1. The molecule has 1 saturated heterocycles. The number of methoxy groups -OCH3 is 1. The summed E-state index contributed by atoms with van der Waals surface area (Å²) in [5.74, 6) is 0.793. The third-order valence-corrected chi connectivity index (χ3v) is 5.16. The van der Waals surface area contributed by atoms with Crippen molar-refractivity contribution in [3.8, 4) is 5.75 Å². The van der Waals surface area contributed by atoms with Gasteiger partial charge >= 0.3 is 6.09 Å². The Bertz CT molecular complexity index is 854. The molecule has 0 radical (unpaired) electrons. The molecule has 1 aliphatic heterocycles. The summed E-state index contributed by atoms with van der Waals surface area (Å²) < 4.78 is 7.22. The Hall–Kier alpha value is -2.54. The Morgan fingerprint density at radius 3 is 2.62 bits per heavy atom. The van der Waals surface area contributed by atoms with E-state index in [-0.39, 0.29) is 11.6 Å². The van der Waals surface area contributed by atoms with Gasteiger partial charge in [-0.25, -0.2) is 4.79 Å². The van der Waals surface area contributed by atoms with Gasteiger partial charge in [0.05, 0.1) is 12.6 Å². The molecule has 1 aromatic heterocycles. The number of carbonyl (C=O) groups is 1. The summed E-state index contributed by atoms with van der Waals surface area (Å²) in [6.07, 6.45) is 1.45. The highest BCUT2D eigenvalue weighted by atomic mass is 16.5. The zero-order valence-corrected chi connectivity index (χ0v) is 15.2. The van der Waals surface area contributed by atoms with Gasteiger partial charge in [0.25, 0.3) is 5.56 Å². The van der Waals surface area contributed by atoms with Crippen LogP contribution in [0, 0.1) is 0 Å². The van der Waals surface area contributed by atoms with E-state index in [9.17, 15) is 9.59 Å². The lowest BCUT2D eigenvalue weighted by Gasteiger charge is -2.32. The average Bonchev–Trinajstić information content (AvgIpc) is 2.63. The van der Waals surface area contributed by atoms with Gasteiger partial charge in [-0.15, -0.1) is 0 Å². The van der Waals surface area contributed by atoms with Crippen LogP contribution in [-0.4, -0.2) is 53.5 Å². The molecule has 26 heavy (non-hydrogen) atoms. The van der Waals surface area contributed by atoms with Crippen LogP contribution in [0.25, 0.3) is 10.9 Å². The second-order valence-electron chi connectivity index (χ2n) is 6.73.